The minimum Gasteiger partial charge on any atom is -0.459 e. The molecule has 1 atom stereocenters. The first-order valence-corrected chi connectivity index (χ1v) is 9.79. The molecule has 5 rings (SSSR count). The van der Waals surface area contributed by atoms with Crippen LogP contribution in [0.2, 0.25) is 0 Å². The van der Waals surface area contributed by atoms with Crippen LogP contribution in [0.5, 0.6) is 0 Å². The Labute approximate surface area is 173 Å². The van der Waals surface area contributed by atoms with Gasteiger partial charge in [0.05, 0.1) is 28.5 Å². The second-order valence-electron chi connectivity index (χ2n) is 7.17. The average molecular weight is 393 g/mol. The summed E-state index contributed by atoms with van der Waals surface area (Å²) in [7, 11) is 0. The van der Waals surface area contributed by atoms with Gasteiger partial charge < -0.3 is 9.73 Å². The Balaban J connectivity index is 1.52. The molecule has 5 aromatic rings. The molecule has 146 valence electrons. The number of carbonyl (C=O) groups excluding carboxylic acids is 1. The molecular weight excluding hydrogens is 374 g/mol. The van der Waals surface area contributed by atoms with Gasteiger partial charge in [-0.1, -0.05) is 42.5 Å². The van der Waals surface area contributed by atoms with Gasteiger partial charge in [-0.25, -0.2) is 4.98 Å². The van der Waals surface area contributed by atoms with Crippen LogP contribution in [0.1, 0.15) is 29.1 Å². The van der Waals surface area contributed by atoms with Crippen LogP contribution in [0.15, 0.2) is 89.5 Å². The van der Waals surface area contributed by atoms with E-state index in [9.17, 15) is 4.79 Å². The molecule has 5 heteroatoms. The molecule has 3 aromatic heterocycles. The third-order valence-corrected chi connectivity index (χ3v) is 5.11. The van der Waals surface area contributed by atoms with Crippen molar-refractivity contribution >= 4 is 27.8 Å². The van der Waals surface area contributed by atoms with Crippen LogP contribution in [0.4, 0.5) is 0 Å². The van der Waals surface area contributed by atoms with Gasteiger partial charge in [-0.15, -0.1) is 0 Å². The van der Waals surface area contributed by atoms with Gasteiger partial charge in [0.15, 0.2) is 0 Å². The van der Waals surface area contributed by atoms with E-state index in [1.807, 2.05) is 79.7 Å². The van der Waals surface area contributed by atoms with Crippen LogP contribution in [0.3, 0.4) is 0 Å². The first-order chi connectivity index (χ1) is 14.7. The zero-order valence-corrected chi connectivity index (χ0v) is 16.4. The van der Waals surface area contributed by atoms with Crippen LogP contribution in [-0.2, 0) is 0 Å². The van der Waals surface area contributed by atoms with Crippen molar-refractivity contribution in [3.8, 4) is 11.4 Å². The number of rotatable bonds is 4. The Hall–Kier alpha value is -3.99. The quantitative estimate of drug-likeness (QED) is 0.436. The summed E-state index contributed by atoms with van der Waals surface area (Å²) in [5, 5.41) is 4.88. The maximum Gasteiger partial charge on any atom is 0.252 e. The molecule has 0 fully saturated rings. The van der Waals surface area contributed by atoms with Crippen LogP contribution in [-0.4, -0.2) is 15.9 Å². The lowest BCUT2D eigenvalue weighted by molar-refractivity contribution is 0.0937. The van der Waals surface area contributed by atoms with Gasteiger partial charge in [0.2, 0.25) is 0 Å². The molecule has 0 saturated heterocycles. The Morgan fingerprint density at radius 2 is 1.73 bits per heavy atom. The summed E-state index contributed by atoms with van der Waals surface area (Å²) >= 11 is 0. The Morgan fingerprint density at radius 1 is 0.933 bits per heavy atom. The van der Waals surface area contributed by atoms with E-state index in [-0.39, 0.29) is 11.9 Å². The average Bonchev–Trinajstić information content (AvgIpc) is 3.23. The molecule has 3 heterocycles. The van der Waals surface area contributed by atoms with Crippen molar-refractivity contribution in [2.24, 2.45) is 0 Å². The first kappa shape index (κ1) is 18.1. The predicted molar refractivity (Wildman–Crippen MR) is 117 cm³/mol. The van der Waals surface area contributed by atoms with Gasteiger partial charge in [-0.05, 0) is 43.3 Å². The van der Waals surface area contributed by atoms with E-state index < -0.39 is 0 Å². The van der Waals surface area contributed by atoms with E-state index in [4.69, 9.17) is 9.40 Å². The number of carbonyl (C=O) groups is 1. The van der Waals surface area contributed by atoms with Crippen LogP contribution in [0.25, 0.3) is 33.3 Å². The Kier molecular flexibility index (Phi) is 4.48. The minimum atomic E-state index is -0.282. The molecule has 0 bridgehead atoms. The third kappa shape index (κ3) is 3.31. The summed E-state index contributed by atoms with van der Waals surface area (Å²) < 4.78 is 5.91. The zero-order valence-electron chi connectivity index (χ0n) is 16.4. The number of nitrogens with zero attached hydrogens (tertiary/aromatic N) is 2. The molecule has 2 aromatic carbocycles. The summed E-state index contributed by atoms with van der Waals surface area (Å²) in [6.07, 6.45) is 1.72. The van der Waals surface area contributed by atoms with E-state index >= 15 is 0 Å². The smallest absolute Gasteiger partial charge is 0.252 e. The van der Waals surface area contributed by atoms with Gasteiger partial charge in [0, 0.05) is 17.0 Å². The molecule has 0 saturated carbocycles. The molecule has 1 amide bonds. The van der Waals surface area contributed by atoms with E-state index in [0.717, 1.165) is 27.6 Å². The summed E-state index contributed by atoms with van der Waals surface area (Å²) in [5.74, 6) is 0.534. The van der Waals surface area contributed by atoms with Crippen molar-refractivity contribution in [3.05, 3.63) is 96.4 Å². The number of aromatic nitrogens is 2. The van der Waals surface area contributed by atoms with Crippen LogP contribution >= 0.6 is 0 Å². The number of para-hydroxylation sites is 2. The molecule has 0 aliphatic rings. The molecule has 30 heavy (non-hydrogen) atoms. The van der Waals surface area contributed by atoms with Crippen molar-refractivity contribution in [2.45, 2.75) is 13.0 Å². The number of fused-ring (bicyclic) bond motifs is 2. The lowest BCUT2D eigenvalue weighted by Crippen LogP contribution is -2.26. The second kappa shape index (κ2) is 7.44. The highest BCUT2D eigenvalue weighted by molar-refractivity contribution is 6.07. The number of nitrogens with one attached hydrogen (secondary N) is 1. The number of hydrogen-bond donors (Lipinski definition) is 1. The Bertz CT molecular complexity index is 1330. The highest BCUT2D eigenvalue weighted by atomic mass is 16.3. The third-order valence-electron chi connectivity index (χ3n) is 5.11. The molecule has 0 spiro atoms. The van der Waals surface area contributed by atoms with E-state index in [1.54, 1.807) is 12.3 Å². The van der Waals surface area contributed by atoms with E-state index in [1.165, 1.54) is 0 Å². The van der Waals surface area contributed by atoms with Gasteiger partial charge in [0.1, 0.15) is 11.3 Å². The van der Waals surface area contributed by atoms with Gasteiger partial charge in [-0.2, -0.15) is 0 Å². The number of pyridine rings is 2. The number of amides is 1. The van der Waals surface area contributed by atoms with Crippen molar-refractivity contribution in [1.82, 2.24) is 15.3 Å². The monoisotopic (exact) mass is 393 g/mol. The first-order valence-electron chi connectivity index (χ1n) is 9.79. The lowest BCUT2D eigenvalue weighted by atomic mass is 10.0. The predicted octanol–water partition coefficient (Wildman–Crippen LogP) is 5.53. The summed E-state index contributed by atoms with van der Waals surface area (Å²) in [5.41, 5.74) is 3.50. The highest BCUT2D eigenvalue weighted by Crippen LogP contribution is 2.26. The summed E-state index contributed by atoms with van der Waals surface area (Å²) in [4.78, 5) is 22.3. The topological polar surface area (TPSA) is 68.0 Å². The number of furan rings is 1. The largest absolute Gasteiger partial charge is 0.459 e. The molecule has 1 unspecified atom stereocenters. The Morgan fingerprint density at radius 3 is 2.57 bits per heavy atom. The second-order valence-corrected chi connectivity index (χ2v) is 7.17. The highest BCUT2D eigenvalue weighted by Gasteiger charge is 2.19. The maximum absolute atomic E-state index is 13.2. The van der Waals surface area contributed by atoms with Crippen molar-refractivity contribution in [3.63, 3.8) is 0 Å². The van der Waals surface area contributed by atoms with E-state index in [2.05, 4.69) is 10.3 Å². The molecule has 0 aliphatic heterocycles. The summed E-state index contributed by atoms with van der Waals surface area (Å²) in [6, 6.07) is 24.6. The van der Waals surface area contributed by atoms with Crippen molar-refractivity contribution < 1.29 is 9.21 Å². The van der Waals surface area contributed by atoms with E-state index in [0.29, 0.717) is 17.0 Å². The normalized spacial score (nSPS) is 12.2. The zero-order chi connectivity index (χ0) is 20.5. The summed E-state index contributed by atoms with van der Waals surface area (Å²) in [6.45, 7) is 1.92. The minimum absolute atomic E-state index is 0.182. The van der Waals surface area contributed by atoms with Crippen molar-refractivity contribution in [2.75, 3.05) is 0 Å². The maximum atomic E-state index is 13.2. The van der Waals surface area contributed by atoms with Crippen LogP contribution in [0, 0.1) is 0 Å². The van der Waals surface area contributed by atoms with Crippen molar-refractivity contribution in [1.29, 1.82) is 0 Å². The molecule has 5 nitrogen and oxygen atoms in total. The standard InChI is InChI=1S/C25H19N3O2/c1-16(24-14-17-8-2-5-12-23(17)30-24)27-25(29)19-15-22(21-11-6-7-13-26-21)28-20-10-4-3-9-18(19)20/h2-16H,1H3,(H,27,29). The van der Waals surface area contributed by atoms with Gasteiger partial charge >= 0.3 is 0 Å². The fourth-order valence-corrected chi connectivity index (χ4v) is 3.57. The SMILES string of the molecule is CC(NC(=O)c1cc(-c2ccccn2)nc2ccccc12)c1cc2ccccc2o1. The molecule has 1 N–H and O–H groups in total. The fraction of sp³-hybridized carbons (Fsp3) is 0.0800. The van der Waals surface area contributed by atoms with Crippen LogP contribution < -0.4 is 5.32 Å². The number of benzene rings is 2. The fourth-order valence-electron chi connectivity index (χ4n) is 3.57. The lowest BCUT2D eigenvalue weighted by Gasteiger charge is -2.14. The molecular formula is C25H19N3O2. The molecule has 0 aliphatic carbocycles. The van der Waals surface area contributed by atoms with Gasteiger partial charge in [-0.3, -0.25) is 9.78 Å². The molecule has 0 radical (unpaired) electrons. The van der Waals surface area contributed by atoms with Gasteiger partial charge in [0.25, 0.3) is 5.91 Å². The number of hydrogen-bond acceptors (Lipinski definition) is 4.